The normalized spacial score (nSPS) is 19.7. The summed E-state index contributed by atoms with van der Waals surface area (Å²) in [7, 11) is 0. The molecule has 7 heteroatoms. The number of oxime groups is 1. The zero-order chi connectivity index (χ0) is 15.4. The van der Waals surface area contributed by atoms with Crippen molar-refractivity contribution in [3.8, 4) is 0 Å². The van der Waals surface area contributed by atoms with Crippen molar-refractivity contribution in [3.63, 3.8) is 0 Å². The highest BCUT2D eigenvalue weighted by Gasteiger charge is 2.23. The molecule has 0 aliphatic carbocycles. The van der Waals surface area contributed by atoms with Crippen LogP contribution in [-0.2, 0) is 6.54 Å². The number of hydrogen-bond donors (Lipinski definition) is 2. The first-order valence-electron chi connectivity index (χ1n) is 6.89. The number of hydrogen-bond acceptors (Lipinski definition) is 4. The standard InChI is InChI=1S/C14H20F2N4O/c1-10(14(17)18-21)20-6-4-19(5-7-20)9-11-8-12(15)2-3-13(11)16/h2-3,8,10,21H,4-7,9H2,1H3,(H2,17,18). The molecule has 1 aromatic carbocycles. The van der Waals surface area contributed by atoms with Gasteiger partial charge in [0.05, 0.1) is 6.04 Å². The lowest BCUT2D eigenvalue weighted by atomic mass is 10.1. The van der Waals surface area contributed by atoms with Gasteiger partial charge in [-0.05, 0) is 25.1 Å². The molecule has 1 aliphatic rings. The first-order valence-corrected chi connectivity index (χ1v) is 6.89. The van der Waals surface area contributed by atoms with Crippen molar-refractivity contribution < 1.29 is 14.0 Å². The summed E-state index contributed by atoms with van der Waals surface area (Å²) in [5.74, 6) is -0.630. The number of halogens is 2. The van der Waals surface area contributed by atoms with Gasteiger partial charge in [0.15, 0.2) is 5.84 Å². The van der Waals surface area contributed by atoms with Crippen molar-refractivity contribution in [1.29, 1.82) is 0 Å². The zero-order valence-corrected chi connectivity index (χ0v) is 12.0. The van der Waals surface area contributed by atoms with Gasteiger partial charge in [-0.15, -0.1) is 0 Å². The van der Waals surface area contributed by atoms with Gasteiger partial charge in [-0.1, -0.05) is 5.16 Å². The Bertz CT molecular complexity index is 516. The van der Waals surface area contributed by atoms with Crippen molar-refractivity contribution in [2.45, 2.75) is 19.5 Å². The Labute approximate surface area is 122 Å². The zero-order valence-electron chi connectivity index (χ0n) is 12.0. The van der Waals surface area contributed by atoms with Crippen LogP contribution in [0.1, 0.15) is 12.5 Å². The molecule has 0 aromatic heterocycles. The summed E-state index contributed by atoms with van der Waals surface area (Å²) in [6.07, 6.45) is 0. The second-order valence-electron chi connectivity index (χ2n) is 5.25. The molecule has 1 aliphatic heterocycles. The second-order valence-corrected chi connectivity index (χ2v) is 5.25. The van der Waals surface area contributed by atoms with Crippen molar-refractivity contribution >= 4 is 5.84 Å². The Morgan fingerprint density at radius 1 is 1.33 bits per heavy atom. The molecule has 1 atom stereocenters. The number of piperazine rings is 1. The van der Waals surface area contributed by atoms with Gasteiger partial charge in [0.2, 0.25) is 0 Å². The van der Waals surface area contributed by atoms with Gasteiger partial charge in [0.1, 0.15) is 11.6 Å². The Morgan fingerprint density at radius 2 is 2.00 bits per heavy atom. The molecular formula is C14H20F2N4O. The van der Waals surface area contributed by atoms with Crippen LogP contribution in [0.3, 0.4) is 0 Å². The second kappa shape index (κ2) is 6.82. The molecule has 1 fully saturated rings. The molecule has 0 saturated carbocycles. The van der Waals surface area contributed by atoms with Gasteiger partial charge >= 0.3 is 0 Å². The smallest absolute Gasteiger partial charge is 0.156 e. The van der Waals surface area contributed by atoms with Gasteiger partial charge in [0.25, 0.3) is 0 Å². The van der Waals surface area contributed by atoms with E-state index in [0.717, 1.165) is 38.3 Å². The highest BCUT2D eigenvalue weighted by molar-refractivity contribution is 5.84. The molecule has 0 radical (unpaired) electrons. The van der Waals surface area contributed by atoms with Crippen LogP contribution in [-0.4, -0.2) is 53.1 Å². The minimum atomic E-state index is -0.425. The maximum Gasteiger partial charge on any atom is 0.156 e. The SMILES string of the molecule is CC(/C(N)=N/O)N1CCN(Cc2cc(F)ccc2F)CC1. The van der Waals surface area contributed by atoms with Crippen LogP contribution in [0.15, 0.2) is 23.4 Å². The molecule has 1 heterocycles. The van der Waals surface area contributed by atoms with Crippen LogP contribution in [0, 0.1) is 11.6 Å². The van der Waals surface area contributed by atoms with E-state index in [1.807, 2.05) is 6.92 Å². The van der Waals surface area contributed by atoms with Crippen LogP contribution >= 0.6 is 0 Å². The Morgan fingerprint density at radius 3 is 2.62 bits per heavy atom. The van der Waals surface area contributed by atoms with Crippen LogP contribution < -0.4 is 5.73 Å². The first-order chi connectivity index (χ1) is 10.0. The summed E-state index contributed by atoms with van der Waals surface area (Å²) < 4.78 is 26.8. The Balaban J connectivity index is 1.91. The average Bonchev–Trinajstić information content (AvgIpc) is 2.50. The van der Waals surface area contributed by atoms with Crippen molar-refractivity contribution in [3.05, 3.63) is 35.4 Å². The molecule has 0 amide bonds. The predicted molar refractivity (Wildman–Crippen MR) is 76.1 cm³/mol. The van der Waals surface area contributed by atoms with E-state index < -0.39 is 5.82 Å². The number of amidine groups is 1. The summed E-state index contributed by atoms with van der Waals surface area (Å²) in [6.45, 7) is 5.16. The highest BCUT2D eigenvalue weighted by Crippen LogP contribution is 2.14. The summed E-state index contributed by atoms with van der Waals surface area (Å²) in [4.78, 5) is 4.15. The van der Waals surface area contributed by atoms with Crippen LogP contribution in [0.25, 0.3) is 0 Å². The quantitative estimate of drug-likeness (QED) is 0.380. The summed E-state index contributed by atoms with van der Waals surface area (Å²) in [6, 6.07) is 3.38. The van der Waals surface area contributed by atoms with E-state index in [4.69, 9.17) is 10.9 Å². The molecule has 2 rings (SSSR count). The average molecular weight is 298 g/mol. The molecular weight excluding hydrogens is 278 g/mol. The fourth-order valence-electron chi connectivity index (χ4n) is 2.48. The van der Waals surface area contributed by atoms with Crippen molar-refractivity contribution in [2.75, 3.05) is 26.2 Å². The van der Waals surface area contributed by atoms with E-state index in [-0.39, 0.29) is 17.7 Å². The number of benzene rings is 1. The molecule has 0 spiro atoms. The molecule has 3 N–H and O–H groups in total. The van der Waals surface area contributed by atoms with Crippen molar-refractivity contribution in [2.24, 2.45) is 10.9 Å². The van der Waals surface area contributed by atoms with Gasteiger partial charge in [-0.25, -0.2) is 8.78 Å². The minimum absolute atomic E-state index is 0.136. The largest absolute Gasteiger partial charge is 0.409 e. The van der Waals surface area contributed by atoms with E-state index in [1.54, 1.807) is 0 Å². The van der Waals surface area contributed by atoms with E-state index >= 15 is 0 Å². The molecule has 1 saturated heterocycles. The van der Waals surface area contributed by atoms with E-state index in [2.05, 4.69) is 15.0 Å². The molecule has 21 heavy (non-hydrogen) atoms. The van der Waals surface area contributed by atoms with Crippen molar-refractivity contribution in [1.82, 2.24) is 9.80 Å². The van der Waals surface area contributed by atoms with Gasteiger partial charge in [0, 0.05) is 38.3 Å². The highest BCUT2D eigenvalue weighted by atomic mass is 19.1. The molecule has 1 unspecified atom stereocenters. The van der Waals surface area contributed by atoms with E-state index in [9.17, 15) is 8.78 Å². The third-order valence-corrected chi connectivity index (χ3v) is 3.90. The van der Waals surface area contributed by atoms with Gasteiger partial charge in [-0.2, -0.15) is 0 Å². The topological polar surface area (TPSA) is 65.1 Å². The fraction of sp³-hybridized carbons (Fsp3) is 0.500. The van der Waals surface area contributed by atoms with E-state index in [1.165, 1.54) is 6.07 Å². The maximum absolute atomic E-state index is 13.6. The summed E-state index contributed by atoms with van der Waals surface area (Å²) in [5, 5.41) is 11.7. The molecule has 1 aromatic rings. The van der Waals surface area contributed by atoms with Gasteiger partial charge in [-0.3, -0.25) is 9.80 Å². The minimum Gasteiger partial charge on any atom is -0.409 e. The number of nitrogens with zero attached hydrogens (tertiary/aromatic N) is 3. The predicted octanol–water partition coefficient (Wildman–Crippen LogP) is 1.22. The Hall–Kier alpha value is -1.73. The number of rotatable bonds is 4. The lowest BCUT2D eigenvalue weighted by molar-refractivity contribution is 0.115. The van der Waals surface area contributed by atoms with Crippen LogP contribution in [0.4, 0.5) is 8.78 Å². The monoisotopic (exact) mass is 298 g/mol. The van der Waals surface area contributed by atoms with Crippen LogP contribution in [0.5, 0.6) is 0 Å². The van der Waals surface area contributed by atoms with E-state index in [0.29, 0.717) is 12.1 Å². The van der Waals surface area contributed by atoms with Crippen LogP contribution in [0.2, 0.25) is 0 Å². The molecule has 116 valence electrons. The fourth-order valence-corrected chi connectivity index (χ4v) is 2.48. The Kier molecular flexibility index (Phi) is 5.08. The molecule has 0 bridgehead atoms. The van der Waals surface area contributed by atoms with Gasteiger partial charge < -0.3 is 10.9 Å². The number of nitrogens with two attached hydrogens (primary N) is 1. The maximum atomic E-state index is 13.6. The summed E-state index contributed by atoms with van der Waals surface area (Å²) in [5.41, 5.74) is 5.96. The first kappa shape index (κ1) is 15.7. The molecule has 5 nitrogen and oxygen atoms in total. The third-order valence-electron chi connectivity index (χ3n) is 3.90. The lowest BCUT2D eigenvalue weighted by Crippen LogP contribution is -2.52. The third kappa shape index (κ3) is 3.89. The lowest BCUT2D eigenvalue weighted by Gasteiger charge is -2.37. The summed E-state index contributed by atoms with van der Waals surface area (Å²) >= 11 is 0.